The number of carbonyl (C=O) groups excluding carboxylic acids is 2. The number of rotatable bonds is 7. The van der Waals surface area contributed by atoms with Gasteiger partial charge < -0.3 is 10.1 Å². The molecule has 3 aromatic carbocycles. The molecule has 9 heteroatoms. The molecule has 0 aromatic heterocycles. The summed E-state index contributed by atoms with van der Waals surface area (Å²) in [6, 6.07) is 17.5. The molecule has 0 unspecified atom stereocenters. The van der Waals surface area contributed by atoms with E-state index in [2.05, 4.69) is 5.32 Å². The van der Waals surface area contributed by atoms with Crippen molar-refractivity contribution in [3.63, 3.8) is 0 Å². The van der Waals surface area contributed by atoms with Crippen LogP contribution in [0.4, 0.5) is 11.4 Å². The van der Waals surface area contributed by atoms with Crippen molar-refractivity contribution >= 4 is 44.9 Å². The topological polar surface area (TPSA) is 92.8 Å². The number of benzene rings is 3. The Kier molecular flexibility index (Phi) is 7.40. The van der Waals surface area contributed by atoms with Gasteiger partial charge in [-0.2, -0.15) is 0 Å². The zero-order chi connectivity index (χ0) is 24.2. The number of amides is 1. The standard InChI is InChI=1S/C24H23ClN2O5S/c1-16-11-13-18(14-12-16)33(30,31)27(22-10-5-4-8-20(22)25)15-23(28)26-21-9-6-7-19(17(21)2)24(29)32-3/h4-14H,15H2,1-3H3,(H,26,28). The molecule has 0 aliphatic heterocycles. The first kappa shape index (κ1) is 24.3. The Hall–Kier alpha value is -3.36. The largest absolute Gasteiger partial charge is 0.465 e. The average Bonchev–Trinajstić information content (AvgIpc) is 2.79. The molecule has 3 aromatic rings. The van der Waals surface area contributed by atoms with Crippen LogP contribution in [0, 0.1) is 13.8 Å². The minimum Gasteiger partial charge on any atom is -0.465 e. The fourth-order valence-electron chi connectivity index (χ4n) is 3.21. The number of anilines is 2. The van der Waals surface area contributed by atoms with E-state index in [9.17, 15) is 18.0 Å². The van der Waals surface area contributed by atoms with Crippen molar-refractivity contribution in [3.05, 3.63) is 88.4 Å². The lowest BCUT2D eigenvalue weighted by molar-refractivity contribution is -0.114. The summed E-state index contributed by atoms with van der Waals surface area (Å²) in [7, 11) is -2.83. The summed E-state index contributed by atoms with van der Waals surface area (Å²) in [5.41, 5.74) is 2.25. The van der Waals surface area contributed by atoms with Gasteiger partial charge in [0.05, 0.1) is 28.3 Å². The molecule has 0 aliphatic rings. The number of esters is 1. The number of halogens is 1. The normalized spacial score (nSPS) is 11.0. The van der Waals surface area contributed by atoms with E-state index in [1.807, 2.05) is 6.92 Å². The second kappa shape index (κ2) is 10.1. The number of nitrogens with one attached hydrogen (secondary N) is 1. The molecule has 0 atom stereocenters. The highest BCUT2D eigenvalue weighted by molar-refractivity contribution is 7.92. The minimum absolute atomic E-state index is 0.0321. The van der Waals surface area contributed by atoms with Crippen LogP contribution in [0.25, 0.3) is 0 Å². The molecule has 33 heavy (non-hydrogen) atoms. The summed E-state index contributed by atoms with van der Waals surface area (Å²) in [4.78, 5) is 24.9. The first-order valence-electron chi connectivity index (χ1n) is 9.97. The fraction of sp³-hybridized carbons (Fsp3) is 0.167. The molecule has 0 bridgehead atoms. The number of sulfonamides is 1. The van der Waals surface area contributed by atoms with Gasteiger partial charge in [-0.25, -0.2) is 13.2 Å². The van der Waals surface area contributed by atoms with Gasteiger partial charge in [-0.1, -0.05) is 47.5 Å². The highest BCUT2D eigenvalue weighted by Gasteiger charge is 2.29. The van der Waals surface area contributed by atoms with E-state index < -0.39 is 28.4 Å². The summed E-state index contributed by atoms with van der Waals surface area (Å²) in [6.45, 7) is 2.99. The molecule has 0 spiro atoms. The van der Waals surface area contributed by atoms with Crippen molar-refractivity contribution in [3.8, 4) is 0 Å². The first-order chi connectivity index (χ1) is 15.6. The van der Waals surface area contributed by atoms with Crippen LogP contribution >= 0.6 is 11.6 Å². The summed E-state index contributed by atoms with van der Waals surface area (Å²) in [6.07, 6.45) is 0. The van der Waals surface area contributed by atoms with Crippen molar-refractivity contribution in [2.75, 3.05) is 23.3 Å². The second-order valence-corrected chi connectivity index (χ2v) is 9.56. The van der Waals surface area contributed by atoms with E-state index in [1.54, 1.807) is 55.5 Å². The highest BCUT2D eigenvalue weighted by Crippen LogP contribution is 2.30. The van der Waals surface area contributed by atoms with Gasteiger partial charge in [-0.05, 0) is 55.8 Å². The quantitative estimate of drug-likeness (QED) is 0.493. The molecule has 0 saturated heterocycles. The van der Waals surface area contributed by atoms with Crippen LogP contribution in [0.15, 0.2) is 71.6 Å². The van der Waals surface area contributed by atoms with Gasteiger partial charge in [-0.15, -0.1) is 0 Å². The van der Waals surface area contributed by atoms with Gasteiger partial charge in [0.2, 0.25) is 5.91 Å². The number of carbonyl (C=O) groups is 2. The van der Waals surface area contributed by atoms with Crippen LogP contribution in [0.1, 0.15) is 21.5 Å². The van der Waals surface area contributed by atoms with Gasteiger partial charge in [0.25, 0.3) is 10.0 Å². The molecule has 7 nitrogen and oxygen atoms in total. The Morgan fingerprint density at radius 1 is 0.970 bits per heavy atom. The van der Waals surface area contributed by atoms with E-state index in [0.29, 0.717) is 16.8 Å². The third-order valence-electron chi connectivity index (χ3n) is 5.03. The third kappa shape index (κ3) is 5.35. The minimum atomic E-state index is -4.10. The van der Waals surface area contributed by atoms with E-state index in [0.717, 1.165) is 9.87 Å². The monoisotopic (exact) mass is 486 g/mol. The molecule has 0 aliphatic carbocycles. The molecule has 3 rings (SSSR count). The van der Waals surface area contributed by atoms with Gasteiger partial charge in [0, 0.05) is 5.69 Å². The van der Waals surface area contributed by atoms with Gasteiger partial charge in [0.15, 0.2) is 0 Å². The molecule has 0 saturated carbocycles. The van der Waals surface area contributed by atoms with Gasteiger partial charge in [0.1, 0.15) is 6.54 Å². The predicted octanol–water partition coefficient (Wildman–Crippen LogP) is 4.58. The third-order valence-corrected chi connectivity index (χ3v) is 7.12. The molecular formula is C24H23ClN2O5S. The lowest BCUT2D eigenvalue weighted by atomic mass is 10.1. The number of ether oxygens (including phenoxy) is 1. The molecule has 0 radical (unpaired) electrons. The SMILES string of the molecule is COC(=O)c1cccc(NC(=O)CN(c2ccccc2Cl)S(=O)(=O)c2ccc(C)cc2)c1C. The Bertz CT molecular complexity index is 1290. The average molecular weight is 487 g/mol. The maximum atomic E-state index is 13.5. The maximum absolute atomic E-state index is 13.5. The summed E-state index contributed by atoms with van der Waals surface area (Å²) in [5.74, 6) is -1.14. The van der Waals surface area contributed by atoms with Crippen LogP contribution in [0.5, 0.6) is 0 Å². The lowest BCUT2D eigenvalue weighted by Gasteiger charge is -2.25. The molecular weight excluding hydrogens is 464 g/mol. The molecule has 1 amide bonds. The van der Waals surface area contributed by atoms with Crippen LogP contribution in [0.2, 0.25) is 5.02 Å². The molecule has 0 heterocycles. The Morgan fingerprint density at radius 2 is 1.64 bits per heavy atom. The van der Waals surface area contributed by atoms with Crippen LogP contribution in [0.3, 0.4) is 0 Å². The van der Waals surface area contributed by atoms with Crippen molar-refractivity contribution in [2.45, 2.75) is 18.7 Å². The van der Waals surface area contributed by atoms with Crippen molar-refractivity contribution in [1.82, 2.24) is 0 Å². The highest BCUT2D eigenvalue weighted by atomic mass is 35.5. The number of methoxy groups -OCH3 is 1. The molecule has 1 N–H and O–H groups in total. The van der Waals surface area contributed by atoms with Gasteiger partial charge >= 0.3 is 5.97 Å². The van der Waals surface area contributed by atoms with E-state index >= 15 is 0 Å². The van der Waals surface area contributed by atoms with Crippen LogP contribution in [-0.4, -0.2) is 33.9 Å². The van der Waals surface area contributed by atoms with E-state index in [4.69, 9.17) is 16.3 Å². The lowest BCUT2D eigenvalue weighted by Crippen LogP contribution is -2.38. The first-order valence-corrected chi connectivity index (χ1v) is 11.8. The summed E-state index contributed by atoms with van der Waals surface area (Å²) >= 11 is 6.29. The van der Waals surface area contributed by atoms with Crippen LogP contribution < -0.4 is 9.62 Å². The Balaban J connectivity index is 1.97. The number of hydrogen-bond acceptors (Lipinski definition) is 5. The number of para-hydroxylation sites is 1. The number of hydrogen-bond donors (Lipinski definition) is 1. The summed E-state index contributed by atoms with van der Waals surface area (Å²) in [5, 5.41) is 2.87. The zero-order valence-corrected chi connectivity index (χ0v) is 19.9. The number of nitrogens with zero attached hydrogens (tertiary/aromatic N) is 1. The summed E-state index contributed by atoms with van der Waals surface area (Å²) < 4.78 is 32.6. The van der Waals surface area contributed by atoms with Crippen LogP contribution in [-0.2, 0) is 19.6 Å². The predicted molar refractivity (Wildman–Crippen MR) is 128 cm³/mol. The van der Waals surface area contributed by atoms with E-state index in [1.165, 1.54) is 25.3 Å². The zero-order valence-electron chi connectivity index (χ0n) is 18.3. The fourth-order valence-corrected chi connectivity index (χ4v) is 4.94. The van der Waals surface area contributed by atoms with E-state index in [-0.39, 0.29) is 15.6 Å². The maximum Gasteiger partial charge on any atom is 0.338 e. The van der Waals surface area contributed by atoms with Gasteiger partial charge in [-0.3, -0.25) is 9.10 Å². The smallest absolute Gasteiger partial charge is 0.338 e. The number of aryl methyl sites for hydroxylation is 1. The Labute approximate surface area is 198 Å². The molecule has 0 fully saturated rings. The second-order valence-electron chi connectivity index (χ2n) is 7.29. The Morgan fingerprint density at radius 3 is 2.27 bits per heavy atom. The van der Waals surface area contributed by atoms with Crippen molar-refractivity contribution < 1.29 is 22.7 Å². The van der Waals surface area contributed by atoms with Crippen molar-refractivity contribution in [2.24, 2.45) is 0 Å². The molecule has 172 valence electrons. The van der Waals surface area contributed by atoms with Crippen molar-refractivity contribution in [1.29, 1.82) is 0 Å².